The van der Waals surface area contributed by atoms with Crippen LogP contribution in [0.4, 0.5) is 0 Å². The molecule has 1 unspecified atom stereocenters. The van der Waals surface area contributed by atoms with Gasteiger partial charge in [-0.2, -0.15) is 0 Å². The van der Waals surface area contributed by atoms with E-state index in [1.165, 1.54) is 154 Å². The molecule has 2 rings (SSSR count). The molecule has 2 amide bonds. The molecule has 2 heterocycles. The minimum Gasteiger partial charge on any atom is -0.394 e. The van der Waals surface area contributed by atoms with Gasteiger partial charge in [-0.3, -0.25) is 9.59 Å². The van der Waals surface area contributed by atoms with Gasteiger partial charge in [0.15, 0.2) is 12.6 Å². The number of amides is 2. The molecule has 17 heteroatoms. The molecule has 2 aliphatic heterocycles. The zero-order chi connectivity index (χ0) is 55.9. The number of unbranched alkanes of at least 4 members (excludes halogenated alkanes) is 29. The first kappa shape index (κ1) is 70.5. The fraction of sp³-hybridized carbons (Fsp3) is 0.966. The van der Waals surface area contributed by atoms with Gasteiger partial charge in [0.25, 0.3) is 0 Å². The maximum Gasteiger partial charge on any atom is 0.249 e. The number of rotatable bonds is 48. The van der Waals surface area contributed by atoms with Crippen LogP contribution in [-0.4, -0.2) is 163 Å². The summed E-state index contributed by atoms with van der Waals surface area (Å²) in [5.41, 5.74) is 0. The molecule has 0 spiro atoms. The van der Waals surface area contributed by atoms with Crippen molar-refractivity contribution in [2.75, 3.05) is 19.8 Å². The number of aliphatic hydroxyl groups is 9. The van der Waals surface area contributed by atoms with Crippen molar-refractivity contribution in [1.82, 2.24) is 10.6 Å². The minimum atomic E-state index is -1.86. The topological polar surface area (TPSA) is 277 Å². The number of carbonyl (C=O) groups excluding carboxylic acids is 2. The van der Waals surface area contributed by atoms with E-state index in [9.17, 15) is 55.5 Å². The van der Waals surface area contributed by atoms with Crippen LogP contribution in [0, 0.1) is 5.92 Å². The minimum absolute atomic E-state index is 0.202. The van der Waals surface area contributed by atoms with Crippen LogP contribution >= 0.6 is 0 Å². The molecule has 76 heavy (non-hydrogen) atoms. The van der Waals surface area contributed by atoms with Crippen LogP contribution in [-0.2, 0) is 28.5 Å². The summed E-state index contributed by atoms with van der Waals surface area (Å²) < 4.78 is 23.2. The van der Waals surface area contributed by atoms with E-state index < -0.39 is 117 Å². The molecule has 2 aliphatic rings. The van der Waals surface area contributed by atoms with E-state index in [1.54, 1.807) is 0 Å². The Hall–Kier alpha value is -1.58. The monoisotopic (exact) mass is 1090 g/mol. The third kappa shape index (κ3) is 29.8. The molecule has 2 fully saturated rings. The molecule has 0 radical (unpaired) electrons. The number of ether oxygens (including phenoxy) is 4. The van der Waals surface area contributed by atoms with Crippen molar-refractivity contribution < 1.29 is 74.5 Å². The maximum atomic E-state index is 13.4. The Kier molecular flexibility index (Phi) is 40.9. The zero-order valence-corrected chi connectivity index (χ0v) is 48.0. The van der Waals surface area contributed by atoms with E-state index in [0.29, 0.717) is 12.8 Å². The molecule has 450 valence electrons. The van der Waals surface area contributed by atoms with Gasteiger partial charge in [-0.25, -0.2) is 0 Å². The van der Waals surface area contributed by atoms with Gasteiger partial charge in [0.2, 0.25) is 11.8 Å². The second-order valence-electron chi connectivity index (χ2n) is 22.7. The van der Waals surface area contributed by atoms with Crippen molar-refractivity contribution in [2.24, 2.45) is 5.92 Å². The normalized spacial score (nSPS) is 26.0. The van der Waals surface area contributed by atoms with Crippen molar-refractivity contribution in [3.8, 4) is 0 Å². The summed E-state index contributed by atoms with van der Waals surface area (Å²) in [5.74, 6) is -0.574. The second kappa shape index (κ2) is 44.1. The lowest BCUT2D eigenvalue weighted by molar-refractivity contribution is -0.347. The van der Waals surface area contributed by atoms with Crippen LogP contribution in [0.15, 0.2) is 0 Å². The summed E-state index contributed by atoms with van der Waals surface area (Å²) in [4.78, 5) is 25.4. The number of carbonyl (C=O) groups is 2. The van der Waals surface area contributed by atoms with Crippen molar-refractivity contribution in [2.45, 2.75) is 338 Å². The predicted molar refractivity (Wildman–Crippen MR) is 296 cm³/mol. The van der Waals surface area contributed by atoms with Gasteiger partial charge in [0.05, 0.1) is 32.0 Å². The highest BCUT2D eigenvalue weighted by molar-refractivity contribution is 5.80. The fourth-order valence-electron chi connectivity index (χ4n) is 10.6. The molecule has 0 aromatic carbocycles. The maximum absolute atomic E-state index is 13.4. The van der Waals surface area contributed by atoms with Crippen LogP contribution in [0.25, 0.3) is 0 Å². The predicted octanol–water partition coefficient (Wildman–Crippen LogP) is 7.67. The Morgan fingerprint density at radius 1 is 0.526 bits per heavy atom. The SMILES string of the molecule is CCCCCCCCCCCCCCCCCCCCCCC[C@@H](O)C(=O)N[C@@H](CO[C@H]1O[C@H](CO)[C@H](O[C@H]2O[C@H](CO)[C@@H](O)[C@H](O)[C@H]2NC(C)=O)[C@H](O)[C@H]1O)[C@H](O)[C@H](O)CCCCCCCCCCCCC(C)CC. The van der Waals surface area contributed by atoms with E-state index in [0.717, 1.165) is 57.8 Å². The van der Waals surface area contributed by atoms with Crippen molar-refractivity contribution in [3.05, 3.63) is 0 Å². The standard InChI is InChI=1S/C59H114N2O15/c1-5-7-8-9-10-11-12-13-14-15-16-17-18-19-20-21-22-27-30-33-36-39-47(66)57(72)61-45(51(67)46(65)38-35-32-29-26-24-23-25-28-31-34-37-43(3)6-2)42-73-59-55(71)54(70)56(49(41-63)75-59)76-58-50(60-44(4)64)53(69)52(68)48(40-62)74-58/h43,45-56,58-59,62-63,65-71H,5-42H2,1-4H3,(H,60,64)(H,61,72)/t43?,45-,46+,47+,48+,49+,50+,51-,52+,53+,54+,55+,56-,58+,59-/m0/s1. The largest absolute Gasteiger partial charge is 0.394 e. The number of nitrogens with one attached hydrogen (secondary N) is 2. The first-order valence-electron chi connectivity index (χ1n) is 30.8. The Balaban J connectivity index is 1.87. The fourth-order valence-corrected chi connectivity index (χ4v) is 10.6. The van der Waals surface area contributed by atoms with E-state index >= 15 is 0 Å². The molecule has 11 N–H and O–H groups in total. The summed E-state index contributed by atoms with van der Waals surface area (Å²) in [5, 5.41) is 102. The van der Waals surface area contributed by atoms with E-state index in [-0.39, 0.29) is 12.8 Å². The van der Waals surface area contributed by atoms with Gasteiger partial charge < -0.3 is 75.5 Å². The van der Waals surface area contributed by atoms with Crippen LogP contribution in [0.2, 0.25) is 0 Å². The first-order valence-corrected chi connectivity index (χ1v) is 30.8. The molecular weight excluding hydrogens is 977 g/mol. The number of hydrogen-bond donors (Lipinski definition) is 11. The third-order valence-electron chi connectivity index (χ3n) is 16.0. The van der Waals surface area contributed by atoms with E-state index in [4.69, 9.17) is 18.9 Å². The molecule has 17 nitrogen and oxygen atoms in total. The van der Waals surface area contributed by atoms with E-state index in [1.807, 2.05) is 0 Å². The van der Waals surface area contributed by atoms with Crippen LogP contribution < -0.4 is 10.6 Å². The van der Waals surface area contributed by atoms with Crippen LogP contribution in [0.1, 0.15) is 252 Å². The van der Waals surface area contributed by atoms with Crippen LogP contribution in [0.5, 0.6) is 0 Å². The second-order valence-corrected chi connectivity index (χ2v) is 22.7. The van der Waals surface area contributed by atoms with Gasteiger partial charge in [-0.05, 0) is 18.8 Å². The summed E-state index contributed by atoms with van der Waals surface area (Å²) in [6.07, 6.45) is 21.6. The zero-order valence-electron chi connectivity index (χ0n) is 48.0. The molecule has 0 aromatic rings. The Bertz CT molecular complexity index is 1400. The third-order valence-corrected chi connectivity index (χ3v) is 16.0. The van der Waals surface area contributed by atoms with Crippen molar-refractivity contribution in [3.63, 3.8) is 0 Å². The van der Waals surface area contributed by atoms with Gasteiger partial charge in [0.1, 0.15) is 61.0 Å². The summed E-state index contributed by atoms with van der Waals surface area (Å²) in [6, 6.07) is -2.67. The summed E-state index contributed by atoms with van der Waals surface area (Å²) in [6.45, 7) is 5.93. The number of hydrogen-bond acceptors (Lipinski definition) is 15. The smallest absolute Gasteiger partial charge is 0.249 e. The van der Waals surface area contributed by atoms with Crippen LogP contribution in [0.3, 0.4) is 0 Å². The summed E-state index contributed by atoms with van der Waals surface area (Å²) >= 11 is 0. The average molecular weight is 1090 g/mol. The Morgan fingerprint density at radius 3 is 1.38 bits per heavy atom. The van der Waals surface area contributed by atoms with Gasteiger partial charge in [0, 0.05) is 6.92 Å². The lowest BCUT2D eigenvalue weighted by Gasteiger charge is -2.47. The Morgan fingerprint density at radius 2 is 0.947 bits per heavy atom. The molecular formula is C59H114N2O15. The molecule has 0 saturated carbocycles. The molecule has 0 bridgehead atoms. The summed E-state index contributed by atoms with van der Waals surface area (Å²) in [7, 11) is 0. The van der Waals surface area contributed by atoms with Gasteiger partial charge >= 0.3 is 0 Å². The lowest BCUT2D eigenvalue weighted by atomic mass is 9.95. The van der Waals surface area contributed by atoms with Gasteiger partial charge in [-0.15, -0.1) is 0 Å². The van der Waals surface area contributed by atoms with E-state index in [2.05, 4.69) is 31.4 Å². The molecule has 2 saturated heterocycles. The highest BCUT2D eigenvalue weighted by Gasteiger charge is 2.51. The quantitative estimate of drug-likeness (QED) is 0.0261. The van der Waals surface area contributed by atoms with Crippen molar-refractivity contribution >= 4 is 11.8 Å². The molecule has 15 atom stereocenters. The Labute approximate surface area is 459 Å². The van der Waals surface area contributed by atoms with Crippen molar-refractivity contribution in [1.29, 1.82) is 0 Å². The molecule has 0 aliphatic carbocycles. The highest BCUT2D eigenvalue weighted by atomic mass is 16.7. The molecule has 0 aromatic heterocycles. The lowest BCUT2D eigenvalue weighted by Crippen LogP contribution is -2.67. The highest BCUT2D eigenvalue weighted by Crippen LogP contribution is 2.30. The average Bonchev–Trinajstić information content (AvgIpc) is 3.41. The number of aliphatic hydroxyl groups excluding tert-OH is 9. The first-order chi connectivity index (χ1) is 36.7. The van der Waals surface area contributed by atoms with Gasteiger partial charge in [-0.1, -0.05) is 233 Å².